The standard InChI is InChI=1S/C15H18BrN3O3/c1-8(14-9(2)18-22-10(14)3)5-13(20)17-12-7-19(4)6-11(16)15(12)21/h6-8H,5H2,1-4H3,(H,17,20). The van der Waals surface area contributed by atoms with E-state index >= 15 is 0 Å². The SMILES string of the molecule is Cc1noc(C)c1C(C)CC(=O)Nc1cn(C)cc(Br)c1=O. The van der Waals surface area contributed by atoms with Crippen LogP contribution >= 0.6 is 15.9 Å². The summed E-state index contributed by atoms with van der Waals surface area (Å²) in [5, 5.41) is 6.57. The number of aryl methyl sites for hydroxylation is 3. The molecule has 1 N–H and O–H groups in total. The molecule has 0 saturated heterocycles. The Morgan fingerprint density at radius 3 is 2.73 bits per heavy atom. The van der Waals surface area contributed by atoms with E-state index in [1.807, 2.05) is 20.8 Å². The van der Waals surface area contributed by atoms with Gasteiger partial charge in [-0.1, -0.05) is 12.1 Å². The average molecular weight is 368 g/mol. The first-order valence-corrected chi connectivity index (χ1v) is 7.67. The number of nitrogens with one attached hydrogen (secondary N) is 1. The summed E-state index contributed by atoms with van der Waals surface area (Å²) >= 11 is 3.18. The van der Waals surface area contributed by atoms with Crippen molar-refractivity contribution in [3.8, 4) is 0 Å². The summed E-state index contributed by atoms with van der Waals surface area (Å²) in [6.45, 7) is 5.61. The van der Waals surface area contributed by atoms with Gasteiger partial charge >= 0.3 is 0 Å². The molecule has 0 bridgehead atoms. The van der Waals surface area contributed by atoms with Gasteiger partial charge in [0.15, 0.2) is 0 Å². The summed E-state index contributed by atoms with van der Waals surface area (Å²) in [7, 11) is 1.78. The minimum atomic E-state index is -0.239. The Morgan fingerprint density at radius 2 is 2.14 bits per heavy atom. The van der Waals surface area contributed by atoms with Gasteiger partial charge < -0.3 is 14.4 Å². The van der Waals surface area contributed by atoms with Crippen LogP contribution in [0.25, 0.3) is 0 Å². The summed E-state index contributed by atoms with van der Waals surface area (Å²) in [5.41, 5.74) is 1.75. The fraction of sp³-hybridized carbons (Fsp3) is 0.400. The third-order valence-electron chi connectivity index (χ3n) is 3.46. The highest BCUT2D eigenvalue weighted by Gasteiger charge is 2.20. The Balaban J connectivity index is 2.13. The number of amides is 1. The zero-order valence-corrected chi connectivity index (χ0v) is 14.5. The van der Waals surface area contributed by atoms with Crippen LogP contribution in [0.15, 0.2) is 26.2 Å². The Morgan fingerprint density at radius 1 is 1.45 bits per heavy atom. The van der Waals surface area contributed by atoms with Crippen molar-refractivity contribution in [3.63, 3.8) is 0 Å². The van der Waals surface area contributed by atoms with Gasteiger partial charge in [0.1, 0.15) is 11.4 Å². The molecule has 2 aromatic heterocycles. The molecule has 7 heteroatoms. The molecule has 0 aliphatic heterocycles. The van der Waals surface area contributed by atoms with Crippen LogP contribution in [0, 0.1) is 13.8 Å². The van der Waals surface area contributed by atoms with Gasteiger partial charge in [0.2, 0.25) is 11.3 Å². The van der Waals surface area contributed by atoms with E-state index in [-0.39, 0.29) is 29.4 Å². The molecule has 6 nitrogen and oxygen atoms in total. The maximum atomic E-state index is 12.2. The number of rotatable bonds is 4. The van der Waals surface area contributed by atoms with Gasteiger partial charge in [-0.2, -0.15) is 0 Å². The molecule has 2 heterocycles. The highest BCUT2D eigenvalue weighted by Crippen LogP contribution is 2.26. The third-order valence-corrected chi connectivity index (χ3v) is 4.02. The lowest BCUT2D eigenvalue weighted by Gasteiger charge is -2.12. The topological polar surface area (TPSA) is 77.1 Å². The van der Waals surface area contributed by atoms with Crippen molar-refractivity contribution in [2.24, 2.45) is 7.05 Å². The van der Waals surface area contributed by atoms with Crippen LogP contribution in [0.3, 0.4) is 0 Å². The van der Waals surface area contributed by atoms with Crippen molar-refractivity contribution in [2.75, 3.05) is 5.32 Å². The lowest BCUT2D eigenvalue weighted by Crippen LogP contribution is -2.21. The van der Waals surface area contributed by atoms with Gasteiger partial charge in [0, 0.05) is 31.4 Å². The van der Waals surface area contributed by atoms with Crippen LogP contribution in [-0.4, -0.2) is 15.6 Å². The highest BCUT2D eigenvalue weighted by atomic mass is 79.9. The van der Waals surface area contributed by atoms with E-state index in [0.717, 1.165) is 17.0 Å². The second-order valence-corrected chi connectivity index (χ2v) is 6.26. The van der Waals surface area contributed by atoms with Gasteiger partial charge in [0.25, 0.3) is 0 Å². The molecule has 0 fully saturated rings. The molecule has 118 valence electrons. The third kappa shape index (κ3) is 3.47. The molecule has 0 aliphatic carbocycles. The molecule has 0 radical (unpaired) electrons. The van der Waals surface area contributed by atoms with E-state index in [4.69, 9.17) is 4.52 Å². The van der Waals surface area contributed by atoms with Crippen molar-refractivity contribution < 1.29 is 9.32 Å². The van der Waals surface area contributed by atoms with Crippen molar-refractivity contribution in [1.29, 1.82) is 0 Å². The number of nitrogens with zero attached hydrogens (tertiary/aromatic N) is 2. The summed E-state index contributed by atoms with van der Waals surface area (Å²) < 4.78 is 7.24. The number of carbonyl (C=O) groups is 1. The van der Waals surface area contributed by atoms with E-state index in [1.165, 1.54) is 0 Å². The lowest BCUT2D eigenvalue weighted by molar-refractivity contribution is -0.116. The number of carbonyl (C=O) groups excluding carboxylic acids is 1. The molecule has 1 amide bonds. The van der Waals surface area contributed by atoms with Crippen LogP contribution in [0.2, 0.25) is 0 Å². The van der Waals surface area contributed by atoms with Gasteiger partial charge in [-0.3, -0.25) is 9.59 Å². The Hall–Kier alpha value is -1.89. The quantitative estimate of drug-likeness (QED) is 0.900. The second kappa shape index (κ2) is 6.48. The molecular weight excluding hydrogens is 350 g/mol. The number of pyridine rings is 1. The number of anilines is 1. The summed E-state index contributed by atoms with van der Waals surface area (Å²) in [4.78, 5) is 24.2. The largest absolute Gasteiger partial charge is 0.361 e. The molecule has 0 spiro atoms. The van der Waals surface area contributed by atoms with Gasteiger partial charge in [-0.15, -0.1) is 0 Å². The summed E-state index contributed by atoms with van der Waals surface area (Å²) in [6, 6.07) is 0. The van der Waals surface area contributed by atoms with Crippen molar-refractivity contribution in [3.05, 3.63) is 44.1 Å². The van der Waals surface area contributed by atoms with Gasteiger partial charge in [0.05, 0.1) is 10.2 Å². The number of hydrogen-bond donors (Lipinski definition) is 1. The molecule has 0 aliphatic rings. The maximum Gasteiger partial charge on any atom is 0.225 e. The minimum Gasteiger partial charge on any atom is -0.361 e. The Kier molecular flexibility index (Phi) is 4.85. The fourth-order valence-corrected chi connectivity index (χ4v) is 3.07. The van der Waals surface area contributed by atoms with Gasteiger partial charge in [-0.25, -0.2) is 0 Å². The lowest BCUT2D eigenvalue weighted by atomic mass is 9.96. The molecule has 0 aromatic carbocycles. The average Bonchev–Trinajstić information content (AvgIpc) is 2.74. The van der Waals surface area contributed by atoms with Crippen molar-refractivity contribution in [1.82, 2.24) is 9.72 Å². The monoisotopic (exact) mass is 367 g/mol. The van der Waals surface area contributed by atoms with Crippen LogP contribution in [0.1, 0.15) is 36.3 Å². The first-order chi connectivity index (χ1) is 10.3. The molecular formula is C15H18BrN3O3. The normalized spacial score (nSPS) is 12.2. The van der Waals surface area contributed by atoms with Crippen molar-refractivity contribution in [2.45, 2.75) is 33.1 Å². The summed E-state index contributed by atoms with van der Waals surface area (Å²) in [5.74, 6) is 0.459. The smallest absolute Gasteiger partial charge is 0.225 e. The van der Waals surface area contributed by atoms with Crippen LogP contribution in [0.5, 0.6) is 0 Å². The van der Waals surface area contributed by atoms with Crippen molar-refractivity contribution >= 4 is 27.5 Å². The molecule has 0 saturated carbocycles. The molecule has 1 atom stereocenters. The fourth-order valence-electron chi connectivity index (χ4n) is 2.53. The predicted molar refractivity (Wildman–Crippen MR) is 87.0 cm³/mol. The van der Waals surface area contributed by atoms with Crippen LogP contribution < -0.4 is 10.7 Å². The number of halogens is 1. The van der Waals surface area contributed by atoms with E-state index < -0.39 is 0 Å². The second-order valence-electron chi connectivity index (χ2n) is 5.41. The van der Waals surface area contributed by atoms with Crippen LogP contribution in [-0.2, 0) is 11.8 Å². The molecule has 22 heavy (non-hydrogen) atoms. The van der Waals surface area contributed by atoms with Gasteiger partial charge in [-0.05, 0) is 35.7 Å². The number of hydrogen-bond acceptors (Lipinski definition) is 4. The first kappa shape index (κ1) is 16.5. The molecule has 1 unspecified atom stereocenters. The Bertz CT molecular complexity index is 744. The first-order valence-electron chi connectivity index (χ1n) is 6.88. The number of aromatic nitrogens is 2. The Labute approximate surface area is 136 Å². The predicted octanol–water partition coefficient (Wildman–Crippen LogP) is 2.88. The molecule has 2 rings (SSSR count). The maximum absolute atomic E-state index is 12.2. The van der Waals surface area contributed by atoms with E-state index in [9.17, 15) is 9.59 Å². The van der Waals surface area contributed by atoms with E-state index in [0.29, 0.717) is 4.47 Å². The zero-order valence-electron chi connectivity index (χ0n) is 12.9. The van der Waals surface area contributed by atoms with E-state index in [1.54, 1.807) is 24.0 Å². The zero-order chi connectivity index (χ0) is 16.4. The highest BCUT2D eigenvalue weighted by molar-refractivity contribution is 9.10. The minimum absolute atomic E-state index is 0.0396. The molecule has 2 aromatic rings. The van der Waals surface area contributed by atoms with E-state index in [2.05, 4.69) is 26.4 Å². The van der Waals surface area contributed by atoms with Crippen LogP contribution in [0.4, 0.5) is 5.69 Å². The summed E-state index contributed by atoms with van der Waals surface area (Å²) in [6.07, 6.45) is 3.48.